The quantitative estimate of drug-likeness (QED) is 0.744. The lowest BCUT2D eigenvalue weighted by Crippen LogP contribution is -2.45. The highest BCUT2D eigenvalue weighted by molar-refractivity contribution is 9.10. The van der Waals surface area contributed by atoms with E-state index in [0.717, 1.165) is 20.6 Å². The average molecular weight is 441 g/mol. The van der Waals surface area contributed by atoms with Gasteiger partial charge in [0, 0.05) is 10.2 Å². The third-order valence-electron chi connectivity index (χ3n) is 3.75. The summed E-state index contributed by atoms with van der Waals surface area (Å²) in [5, 5.41) is 2.74. The number of hydrogen-bond acceptors (Lipinski definition) is 4. The smallest absolute Gasteiger partial charge is 0.247 e. The van der Waals surface area contributed by atoms with Crippen LogP contribution in [-0.4, -0.2) is 33.7 Å². The van der Waals surface area contributed by atoms with Crippen molar-refractivity contribution in [2.75, 3.05) is 23.0 Å². The summed E-state index contributed by atoms with van der Waals surface area (Å²) in [6.07, 6.45) is 1.07. The van der Waals surface area contributed by atoms with Gasteiger partial charge in [-0.15, -0.1) is 0 Å². The number of methoxy groups -OCH3 is 1. The average Bonchev–Trinajstić information content (AvgIpc) is 2.54. The first-order valence-electron chi connectivity index (χ1n) is 7.84. The van der Waals surface area contributed by atoms with Crippen molar-refractivity contribution in [3.8, 4) is 5.75 Å². The van der Waals surface area contributed by atoms with E-state index in [2.05, 4.69) is 21.2 Å². The Morgan fingerprint density at radius 2 is 1.92 bits per heavy atom. The minimum atomic E-state index is -3.73. The Bertz CT molecular complexity index is 915. The third kappa shape index (κ3) is 4.76. The molecule has 26 heavy (non-hydrogen) atoms. The monoisotopic (exact) mass is 440 g/mol. The van der Waals surface area contributed by atoms with E-state index < -0.39 is 22.0 Å². The minimum absolute atomic E-state index is 0.326. The highest BCUT2D eigenvalue weighted by Crippen LogP contribution is 2.33. The number of rotatable bonds is 6. The van der Waals surface area contributed by atoms with Crippen LogP contribution in [-0.2, 0) is 14.8 Å². The number of sulfonamides is 1. The number of halogens is 1. The van der Waals surface area contributed by atoms with Crippen LogP contribution < -0.4 is 14.4 Å². The molecule has 0 bridgehead atoms. The molecule has 1 amide bonds. The molecule has 2 aromatic rings. The van der Waals surface area contributed by atoms with Gasteiger partial charge in [-0.1, -0.05) is 28.1 Å². The van der Waals surface area contributed by atoms with Gasteiger partial charge in [-0.25, -0.2) is 8.42 Å². The molecule has 2 aromatic carbocycles. The summed E-state index contributed by atoms with van der Waals surface area (Å²) in [6.45, 7) is 3.38. The van der Waals surface area contributed by atoms with Crippen LogP contribution in [0.5, 0.6) is 5.75 Å². The number of amides is 1. The second kappa shape index (κ2) is 8.09. The molecule has 0 saturated carbocycles. The molecular weight excluding hydrogens is 420 g/mol. The van der Waals surface area contributed by atoms with Crippen molar-refractivity contribution >= 4 is 43.2 Å². The number of nitrogens with zero attached hydrogens (tertiary/aromatic N) is 1. The molecule has 1 atom stereocenters. The summed E-state index contributed by atoms with van der Waals surface area (Å²) in [6, 6.07) is 11.3. The molecule has 0 aliphatic rings. The maximum atomic E-state index is 12.7. The Morgan fingerprint density at radius 3 is 2.50 bits per heavy atom. The first-order valence-corrected chi connectivity index (χ1v) is 10.5. The van der Waals surface area contributed by atoms with Crippen LogP contribution in [0.3, 0.4) is 0 Å². The van der Waals surface area contributed by atoms with Gasteiger partial charge in [0.2, 0.25) is 15.9 Å². The minimum Gasteiger partial charge on any atom is -0.495 e. The van der Waals surface area contributed by atoms with Crippen molar-refractivity contribution in [1.29, 1.82) is 0 Å². The van der Waals surface area contributed by atoms with Gasteiger partial charge >= 0.3 is 0 Å². The first-order chi connectivity index (χ1) is 12.1. The van der Waals surface area contributed by atoms with Gasteiger partial charge in [-0.2, -0.15) is 0 Å². The van der Waals surface area contributed by atoms with E-state index in [9.17, 15) is 13.2 Å². The second-order valence-electron chi connectivity index (χ2n) is 5.91. The molecular formula is C18H21BrN2O4S. The number of anilines is 2. The number of hydrogen-bond donors (Lipinski definition) is 1. The number of benzene rings is 2. The van der Waals surface area contributed by atoms with Gasteiger partial charge in [-0.3, -0.25) is 9.10 Å². The van der Waals surface area contributed by atoms with Crippen LogP contribution in [0.25, 0.3) is 0 Å². The van der Waals surface area contributed by atoms with Crippen LogP contribution in [0.15, 0.2) is 46.9 Å². The van der Waals surface area contributed by atoms with Gasteiger partial charge in [0.25, 0.3) is 0 Å². The fourth-order valence-corrected chi connectivity index (χ4v) is 4.14. The van der Waals surface area contributed by atoms with E-state index in [1.165, 1.54) is 14.0 Å². The Balaban J connectivity index is 2.41. The van der Waals surface area contributed by atoms with E-state index in [0.29, 0.717) is 17.1 Å². The second-order valence-corrected chi connectivity index (χ2v) is 8.68. The number of carbonyl (C=O) groups is 1. The molecule has 0 unspecified atom stereocenters. The highest BCUT2D eigenvalue weighted by Gasteiger charge is 2.31. The normalized spacial score (nSPS) is 12.3. The molecule has 0 aliphatic carbocycles. The summed E-state index contributed by atoms with van der Waals surface area (Å²) < 4.78 is 32.1. The van der Waals surface area contributed by atoms with Crippen molar-refractivity contribution in [1.82, 2.24) is 0 Å². The number of aryl methyl sites for hydroxylation is 1. The zero-order valence-electron chi connectivity index (χ0n) is 15.0. The van der Waals surface area contributed by atoms with Crippen LogP contribution in [0.2, 0.25) is 0 Å². The Kier molecular flexibility index (Phi) is 6.30. The van der Waals surface area contributed by atoms with Crippen LogP contribution in [0, 0.1) is 6.92 Å². The molecule has 1 N–H and O–H groups in total. The van der Waals surface area contributed by atoms with Gasteiger partial charge < -0.3 is 10.1 Å². The van der Waals surface area contributed by atoms with E-state index in [1.54, 1.807) is 30.3 Å². The predicted octanol–water partition coefficient (Wildman–Crippen LogP) is 3.56. The van der Waals surface area contributed by atoms with Gasteiger partial charge in [0.15, 0.2) is 0 Å². The maximum absolute atomic E-state index is 12.7. The van der Waals surface area contributed by atoms with Crippen molar-refractivity contribution in [2.45, 2.75) is 19.9 Å². The molecule has 0 radical (unpaired) electrons. The van der Waals surface area contributed by atoms with E-state index in [4.69, 9.17) is 4.74 Å². The summed E-state index contributed by atoms with van der Waals surface area (Å²) in [4.78, 5) is 12.7. The van der Waals surface area contributed by atoms with Gasteiger partial charge in [0.1, 0.15) is 11.8 Å². The van der Waals surface area contributed by atoms with Crippen LogP contribution in [0.1, 0.15) is 12.5 Å². The topological polar surface area (TPSA) is 75.7 Å². The zero-order chi connectivity index (χ0) is 19.5. The molecule has 2 rings (SSSR count). The summed E-state index contributed by atoms with van der Waals surface area (Å²) in [7, 11) is -2.27. The molecule has 0 spiro atoms. The molecule has 0 saturated heterocycles. The molecule has 8 heteroatoms. The fourth-order valence-electron chi connectivity index (χ4n) is 2.57. The van der Waals surface area contributed by atoms with Crippen molar-refractivity contribution in [3.63, 3.8) is 0 Å². The van der Waals surface area contributed by atoms with Crippen LogP contribution in [0.4, 0.5) is 11.4 Å². The van der Waals surface area contributed by atoms with E-state index in [-0.39, 0.29) is 0 Å². The highest BCUT2D eigenvalue weighted by atomic mass is 79.9. The zero-order valence-corrected chi connectivity index (χ0v) is 17.4. The molecule has 6 nitrogen and oxygen atoms in total. The molecule has 0 aromatic heterocycles. The van der Waals surface area contributed by atoms with Crippen LogP contribution >= 0.6 is 15.9 Å². The van der Waals surface area contributed by atoms with Crippen molar-refractivity contribution < 1.29 is 17.9 Å². The molecule has 0 fully saturated rings. The fraction of sp³-hybridized carbons (Fsp3) is 0.278. The summed E-state index contributed by atoms with van der Waals surface area (Å²) >= 11 is 3.34. The first kappa shape index (κ1) is 20.3. The molecule has 0 aliphatic heterocycles. The van der Waals surface area contributed by atoms with Crippen molar-refractivity contribution in [2.24, 2.45) is 0 Å². The Labute approximate surface area is 162 Å². The lowest BCUT2D eigenvalue weighted by atomic mass is 10.2. The number of ether oxygens (including phenoxy) is 1. The largest absolute Gasteiger partial charge is 0.495 e. The SMILES string of the molecule is COc1ccc(C)cc1N([C@H](C)C(=O)Nc1cccc(Br)c1)S(C)(=O)=O. The predicted molar refractivity (Wildman–Crippen MR) is 107 cm³/mol. The van der Waals surface area contributed by atoms with E-state index in [1.807, 2.05) is 19.1 Å². The maximum Gasteiger partial charge on any atom is 0.247 e. The standard InChI is InChI=1S/C18H21BrN2O4S/c1-12-8-9-17(25-3)16(10-12)21(26(4,23)24)13(2)18(22)20-15-7-5-6-14(19)11-15/h5-11,13H,1-4H3,(H,20,22)/t13-/m1/s1. The Hall–Kier alpha value is -2.06. The summed E-state index contributed by atoms with van der Waals surface area (Å²) in [5.74, 6) is -0.0692. The number of carbonyl (C=O) groups excluding carboxylic acids is 1. The van der Waals surface area contributed by atoms with Gasteiger partial charge in [-0.05, 0) is 49.7 Å². The summed E-state index contributed by atoms with van der Waals surface area (Å²) in [5.41, 5.74) is 1.75. The third-order valence-corrected chi connectivity index (χ3v) is 5.47. The van der Waals surface area contributed by atoms with Crippen molar-refractivity contribution in [3.05, 3.63) is 52.5 Å². The Morgan fingerprint density at radius 1 is 1.23 bits per heavy atom. The van der Waals surface area contributed by atoms with Gasteiger partial charge in [0.05, 0.1) is 19.1 Å². The lowest BCUT2D eigenvalue weighted by Gasteiger charge is -2.29. The molecule has 140 valence electrons. The number of nitrogens with one attached hydrogen (secondary N) is 1. The van der Waals surface area contributed by atoms with E-state index >= 15 is 0 Å². The lowest BCUT2D eigenvalue weighted by molar-refractivity contribution is -0.116. The molecule has 0 heterocycles.